The summed E-state index contributed by atoms with van der Waals surface area (Å²) < 4.78 is 26.1. The van der Waals surface area contributed by atoms with Crippen molar-refractivity contribution in [1.29, 1.82) is 0 Å². The Labute approximate surface area is 119 Å². The molecule has 18 heavy (non-hydrogen) atoms. The Balaban J connectivity index is 2.59. The second-order valence-corrected chi connectivity index (χ2v) is 7.89. The van der Waals surface area contributed by atoms with E-state index in [1.54, 1.807) is 0 Å². The number of H-pyrrole nitrogens is 1. The van der Waals surface area contributed by atoms with Gasteiger partial charge in [-0.25, -0.2) is 8.42 Å². The molecule has 7 heteroatoms. The molecule has 0 spiro atoms. The first-order valence-electron chi connectivity index (χ1n) is 5.35. The predicted molar refractivity (Wildman–Crippen MR) is 79.2 cm³/mol. The van der Waals surface area contributed by atoms with Crippen molar-refractivity contribution in [1.82, 2.24) is 9.55 Å². The Morgan fingerprint density at radius 1 is 1.50 bits per heavy atom. The van der Waals surface area contributed by atoms with Crippen LogP contribution in [0.4, 0.5) is 0 Å². The van der Waals surface area contributed by atoms with Crippen LogP contribution in [-0.2, 0) is 9.84 Å². The van der Waals surface area contributed by atoms with Crippen molar-refractivity contribution < 1.29 is 8.42 Å². The third kappa shape index (κ3) is 2.84. The van der Waals surface area contributed by atoms with Gasteiger partial charge in [0.25, 0.3) is 0 Å². The summed E-state index contributed by atoms with van der Waals surface area (Å²) >= 11 is 8.67. The van der Waals surface area contributed by atoms with E-state index >= 15 is 0 Å². The van der Waals surface area contributed by atoms with Crippen LogP contribution in [-0.4, -0.2) is 30.0 Å². The summed E-state index contributed by atoms with van der Waals surface area (Å²) in [6, 6.07) is 5.56. The molecule has 2 rings (SSSR count). The number of hydrogen-bond donors (Lipinski definition) is 1. The van der Waals surface area contributed by atoms with Gasteiger partial charge in [-0.05, 0) is 37.3 Å². The van der Waals surface area contributed by atoms with Crippen molar-refractivity contribution in [3.8, 4) is 0 Å². The molecule has 1 N–H and O–H groups in total. The molecule has 1 aromatic heterocycles. The van der Waals surface area contributed by atoms with E-state index in [2.05, 4.69) is 20.9 Å². The van der Waals surface area contributed by atoms with Gasteiger partial charge in [0.05, 0.1) is 16.8 Å². The molecule has 1 atom stereocenters. The van der Waals surface area contributed by atoms with E-state index in [4.69, 9.17) is 12.2 Å². The van der Waals surface area contributed by atoms with Crippen LogP contribution in [0.1, 0.15) is 13.0 Å². The van der Waals surface area contributed by atoms with Gasteiger partial charge in [-0.15, -0.1) is 0 Å². The smallest absolute Gasteiger partial charge is 0.178 e. The second-order valence-electron chi connectivity index (χ2n) is 4.40. The normalized spacial score (nSPS) is 13.9. The highest BCUT2D eigenvalue weighted by Gasteiger charge is 2.16. The van der Waals surface area contributed by atoms with Crippen molar-refractivity contribution in [2.75, 3.05) is 12.0 Å². The third-order valence-electron chi connectivity index (χ3n) is 2.66. The molecule has 0 fully saturated rings. The van der Waals surface area contributed by atoms with E-state index in [0.29, 0.717) is 4.77 Å². The first-order valence-corrected chi connectivity index (χ1v) is 8.61. The van der Waals surface area contributed by atoms with Crippen molar-refractivity contribution in [2.45, 2.75) is 13.0 Å². The SMILES string of the molecule is CC(CS(C)(=O)=O)n1c(=S)[nH]c2ccc(Br)cc21. The molecular formula is C11H13BrN2O2S2. The minimum Gasteiger partial charge on any atom is -0.331 e. The lowest BCUT2D eigenvalue weighted by atomic mass is 10.3. The van der Waals surface area contributed by atoms with Crippen molar-refractivity contribution in [3.05, 3.63) is 27.4 Å². The van der Waals surface area contributed by atoms with E-state index in [1.807, 2.05) is 29.7 Å². The second kappa shape index (κ2) is 4.79. The zero-order chi connectivity index (χ0) is 13.5. The van der Waals surface area contributed by atoms with E-state index in [1.165, 1.54) is 6.26 Å². The Kier molecular flexibility index (Phi) is 3.66. The maximum atomic E-state index is 11.4. The molecule has 2 aromatic rings. The van der Waals surface area contributed by atoms with Crippen LogP contribution in [0.25, 0.3) is 11.0 Å². The van der Waals surface area contributed by atoms with Crippen LogP contribution in [0.3, 0.4) is 0 Å². The summed E-state index contributed by atoms with van der Waals surface area (Å²) in [7, 11) is -3.04. The van der Waals surface area contributed by atoms with Gasteiger partial charge in [0.2, 0.25) is 0 Å². The number of sulfone groups is 1. The van der Waals surface area contributed by atoms with E-state index in [-0.39, 0.29) is 11.8 Å². The van der Waals surface area contributed by atoms with Gasteiger partial charge in [0.15, 0.2) is 4.77 Å². The zero-order valence-electron chi connectivity index (χ0n) is 9.97. The maximum Gasteiger partial charge on any atom is 0.178 e. The zero-order valence-corrected chi connectivity index (χ0v) is 13.2. The van der Waals surface area contributed by atoms with Crippen LogP contribution in [0.2, 0.25) is 0 Å². The summed E-state index contributed by atoms with van der Waals surface area (Å²) in [6.07, 6.45) is 1.23. The number of hydrogen-bond acceptors (Lipinski definition) is 3. The molecule has 1 unspecified atom stereocenters. The number of halogens is 1. The summed E-state index contributed by atoms with van der Waals surface area (Å²) in [5.41, 5.74) is 1.81. The number of imidazole rings is 1. The van der Waals surface area contributed by atoms with Crippen molar-refractivity contribution >= 4 is 49.0 Å². The van der Waals surface area contributed by atoms with Gasteiger partial charge in [-0.1, -0.05) is 15.9 Å². The van der Waals surface area contributed by atoms with Gasteiger partial charge in [-0.3, -0.25) is 0 Å². The highest BCUT2D eigenvalue weighted by molar-refractivity contribution is 9.10. The molecule has 0 radical (unpaired) electrons. The van der Waals surface area contributed by atoms with E-state index < -0.39 is 9.84 Å². The number of nitrogens with one attached hydrogen (secondary N) is 1. The Morgan fingerprint density at radius 2 is 2.17 bits per heavy atom. The molecule has 4 nitrogen and oxygen atoms in total. The van der Waals surface area contributed by atoms with Gasteiger partial charge in [0, 0.05) is 16.8 Å². The third-order valence-corrected chi connectivity index (χ3v) is 4.54. The molecule has 1 aromatic carbocycles. The fraction of sp³-hybridized carbons (Fsp3) is 0.364. The van der Waals surface area contributed by atoms with Gasteiger partial charge < -0.3 is 9.55 Å². The predicted octanol–water partition coefficient (Wildman–Crippen LogP) is 3.07. The van der Waals surface area contributed by atoms with E-state index in [9.17, 15) is 8.42 Å². The van der Waals surface area contributed by atoms with Crippen LogP contribution >= 0.6 is 28.1 Å². The quantitative estimate of drug-likeness (QED) is 0.867. The summed E-state index contributed by atoms with van der Waals surface area (Å²) in [4.78, 5) is 3.08. The highest BCUT2D eigenvalue weighted by atomic mass is 79.9. The Morgan fingerprint density at radius 3 is 2.78 bits per heavy atom. The van der Waals surface area contributed by atoms with Gasteiger partial charge in [0.1, 0.15) is 9.84 Å². The molecular weight excluding hydrogens is 336 g/mol. The molecule has 0 bridgehead atoms. The first kappa shape index (κ1) is 13.8. The fourth-order valence-corrected chi connectivity index (χ4v) is 3.81. The summed E-state index contributed by atoms with van der Waals surface area (Å²) in [6.45, 7) is 1.85. The lowest BCUT2D eigenvalue weighted by molar-refractivity contribution is 0.566. The standard InChI is InChI=1S/C11H13BrN2O2S2/c1-7(6-18(2,15)16)14-10-5-8(12)3-4-9(10)13-11(14)17/h3-5,7H,6H2,1-2H3,(H,13,17). The number of aromatic amines is 1. The van der Waals surface area contributed by atoms with E-state index in [0.717, 1.165) is 15.5 Å². The Bertz CT molecular complexity index is 746. The average molecular weight is 349 g/mol. The van der Waals surface area contributed by atoms with Crippen LogP contribution in [0, 0.1) is 4.77 Å². The number of rotatable bonds is 3. The van der Waals surface area contributed by atoms with Crippen LogP contribution < -0.4 is 0 Å². The molecule has 1 heterocycles. The molecule has 0 saturated heterocycles. The van der Waals surface area contributed by atoms with Gasteiger partial charge >= 0.3 is 0 Å². The lowest BCUT2D eigenvalue weighted by Crippen LogP contribution is -2.16. The molecule has 98 valence electrons. The Hall–Kier alpha value is -0.660. The molecule has 0 aliphatic rings. The van der Waals surface area contributed by atoms with Crippen LogP contribution in [0.15, 0.2) is 22.7 Å². The highest BCUT2D eigenvalue weighted by Crippen LogP contribution is 2.23. The average Bonchev–Trinajstić information content (AvgIpc) is 2.50. The largest absolute Gasteiger partial charge is 0.331 e. The van der Waals surface area contributed by atoms with Crippen molar-refractivity contribution in [2.24, 2.45) is 0 Å². The van der Waals surface area contributed by atoms with Gasteiger partial charge in [-0.2, -0.15) is 0 Å². The number of benzene rings is 1. The first-order chi connectivity index (χ1) is 8.28. The number of aromatic nitrogens is 2. The topological polar surface area (TPSA) is 54.9 Å². The monoisotopic (exact) mass is 348 g/mol. The molecule has 0 saturated carbocycles. The minimum absolute atomic E-state index is 0.0702. The minimum atomic E-state index is -3.04. The number of fused-ring (bicyclic) bond motifs is 1. The van der Waals surface area contributed by atoms with Crippen molar-refractivity contribution in [3.63, 3.8) is 0 Å². The maximum absolute atomic E-state index is 11.4. The summed E-state index contributed by atoms with van der Waals surface area (Å²) in [5.74, 6) is 0.0702. The van der Waals surface area contributed by atoms with Crippen LogP contribution in [0.5, 0.6) is 0 Å². The molecule has 0 aliphatic carbocycles. The molecule has 0 amide bonds. The lowest BCUT2D eigenvalue weighted by Gasteiger charge is -2.13. The molecule has 0 aliphatic heterocycles. The number of nitrogens with zero attached hydrogens (tertiary/aromatic N) is 1. The fourth-order valence-electron chi connectivity index (χ4n) is 2.04. The summed E-state index contributed by atoms with van der Waals surface area (Å²) in [5, 5.41) is 0.